The van der Waals surface area contributed by atoms with Gasteiger partial charge in [-0.3, -0.25) is 0 Å². The predicted molar refractivity (Wildman–Crippen MR) is 87.1 cm³/mol. The van der Waals surface area contributed by atoms with Gasteiger partial charge in [0.1, 0.15) is 0 Å². The van der Waals surface area contributed by atoms with Gasteiger partial charge in [-0.1, -0.05) is 50.0 Å². The van der Waals surface area contributed by atoms with Crippen molar-refractivity contribution in [3.63, 3.8) is 0 Å². The first-order valence-electron chi connectivity index (χ1n) is 6.10. The molecule has 0 amide bonds. The Morgan fingerprint density at radius 3 is 2.22 bits per heavy atom. The minimum Gasteiger partial charge on any atom is -0.139 e. The molecule has 0 saturated carbocycles. The quantitative estimate of drug-likeness (QED) is 0.616. The van der Waals surface area contributed by atoms with Gasteiger partial charge in [0, 0.05) is 10.0 Å². The summed E-state index contributed by atoms with van der Waals surface area (Å²) in [5, 5.41) is 1.50. The molecule has 0 N–H and O–H groups in total. The lowest BCUT2D eigenvalue weighted by Crippen LogP contribution is -2.36. The van der Waals surface area contributed by atoms with Crippen molar-refractivity contribution in [2.45, 2.75) is 31.3 Å². The standard InChI is InChI=1S/C14H18Cl2S2/c1-13(2,3)14(17-7-4-8-18-14)11-6-5-10(15)9-12(11)16/h5-6,9H,4,7-8H2,1-3H3. The summed E-state index contributed by atoms with van der Waals surface area (Å²) < 4.78 is 0.0346. The minimum atomic E-state index is 0.0346. The molecule has 4 heteroatoms. The van der Waals surface area contributed by atoms with Gasteiger partial charge in [0.2, 0.25) is 0 Å². The molecule has 0 atom stereocenters. The van der Waals surface area contributed by atoms with Crippen molar-refractivity contribution in [1.82, 2.24) is 0 Å². The van der Waals surface area contributed by atoms with Crippen LogP contribution in [0.2, 0.25) is 10.0 Å². The zero-order chi connectivity index (χ0) is 13.4. The van der Waals surface area contributed by atoms with E-state index >= 15 is 0 Å². The van der Waals surface area contributed by atoms with Gasteiger partial charge in [0.25, 0.3) is 0 Å². The zero-order valence-corrected chi connectivity index (χ0v) is 14.1. The van der Waals surface area contributed by atoms with E-state index in [0.29, 0.717) is 5.02 Å². The van der Waals surface area contributed by atoms with Gasteiger partial charge in [-0.15, -0.1) is 23.5 Å². The first-order chi connectivity index (χ1) is 8.37. The van der Waals surface area contributed by atoms with E-state index in [-0.39, 0.29) is 9.49 Å². The lowest BCUT2D eigenvalue weighted by Gasteiger charge is -2.47. The number of thioether (sulfide) groups is 2. The summed E-state index contributed by atoms with van der Waals surface area (Å²) in [5.41, 5.74) is 1.37. The molecule has 0 radical (unpaired) electrons. The summed E-state index contributed by atoms with van der Waals surface area (Å²) in [6.45, 7) is 6.88. The van der Waals surface area contributed by atoms with Crippen molar-refractivity contribution in [3.8, 4) is 0 Å². The molecule has 1 saturated heterocycles. The fraction of sp³-hybridized carbons (Fsp3) is 0.571. The first kappa shape index (κ1) is 14.9. The summed E-state index contributed by atoms with van der Waals surface area (Å²) in [7, 11) is 0. The fourth-order valence-corrected chi connectivity index (χ4v) is 6.64. The van der Waals surface area contributed by atoms with Crippen LogP contribution in [0, 0.1) is 5.41 Å². The fourth-order valence-electron chi connectivity index (χ4n) is 2.28. The van der Waals surface area contributed by atoms with Gasteiger partial charge in [-0.05, 0) is 41.0 Å². The predicted octanol–water partition coefficient (Wildman–Crippen LogP) is 6.06. The molecule has 0 spiro atoms. The van der Waals surface area contributed by atoms with E-state index in [1.807, 2.05) is 35.7 Å². The maximum Gasteiger partial charge on any atom is 0.0922 e. The van der Waals surface area contributed by atoms with Gasteiger partial charge < -0.3 is 0 Å². The van der Waals surface area contributed by atoms with Crippen LogP contribution in [0.3, 0.4) is 0 Å². The van der Waals surface area contributed by atoms with Crippen LogP contribution in [0.4, 0.5) is 0 Å². The number of halogens is 2. The summed E-state index contributed by atoms with van der Waals surface area (Å²) in [4.78, 5) is 0. The van der Waals surface area contributed by atoms with Crippen molar-refractivity contribution >= 4 is 46.7 Å². The highest BCUT2D eigenvalue weighted by molar-refractivity contribution is 8.18. The van der Waals surface area contributed by atoms with Gasteiger partial charge in [0.15, 0.2) is 0 Å². The van der Waals surface area contributed by atoms with Gasteiger partial charge in [0.05, 0.1) is 4.08 Å². The average molecular weight is 321 g/mol. The topological polar surface area (TPSA) is 0 Å². The van der Waals surface area contributed by atoms with Crippen molar-refractivity contribution in [2.75, 3.05) is 11.5 Å². The van der Waals surface area contributed by atoms with E-state index in [4.69, 9.17) is 23.2 Å². The Morgan fingerprint density at radius 2 is 1.72 bits per heavy atom. The van der Waals surface area contributed by atoms with E-state index in [2.05, 4.69) is 26.8 Å². The second kappa shape index (κ2) is 5.47. The van der Waals surface area contributed by atoms with Crippen molar-refractivity contribution in [3.05, 3.63) is 33.8 Å². The summed E-state index contributed by atoms with van der Waals surface area (Å²) in [5.74, 6) is 2.40. The molecule has 1 aromatic carbocycles. The Kier molecular flexibility index (Phi) is 4.53. The van der Waals surface area contributed by atoms with Crippen molar-refractivity contribution < 1.29 is 0 Å². The Bertz CT molecular complexity index is 432. The molecule has 0 aliphatic carbocycles. The number of benzene rings is 1. The maximum absolute atomic E-state index is 6.45. The number of rotatable bonds is 1. The molecular formula is C14H18Cl2S2. The van der Waals surface area contributed by atoms with Crippen LogP contribution in [0.15, 0.2) is 18.2 Å². The SMILES string of the molecule is CC(C)(C)C1(c2ccc(Cl)cc2Cl)SCCCS1. The molecule has 1 aromatic rings. The van der Waals surface area contributed by atoms with Gasteiger partial charge in [-0.25, -0.2) is 0 Å². The van der Waals surface area contributed by atoms with Crippen LogP contribution >= 0.6 is 46.7 Å². The van der Waals surface area contributed by atoms with Gasteiger partial charge in [-0.2, -0.15) is 0 Å². The lowest BCUT2D eigenvalue weighted by atomic mass is 9.86. The van der Waals surface area contributed by atoms with E-state index in [1.165, 1.54) is 23.5 Å². The molecule has 0 unspecified atom stereocenters. The van der Waals surface area contributed by atoms with Crippen LogP contribution in [0.1, 0.15) is 32.8 Å². The molecule has 0 aromatic heterocycles. The average Bonchev–Trinajstić information content (AvgIpc) is 2.28. The normalized spacial score (nSPS) is 19.8. The molecule has 100 valence electrons. The van der Waals surface area contributed by atoms with E-state index in [1.54, 1.807) is 0 Å². The van der Waals surface area contributed by atoms with Crippen LogP contribution in [0.5, 0.6) is 0 Å². The summed E-state index contributed by atoms with van der Waals surface area (Å²) in [6.07, 6.45) is 1.28. The van der Waals surface area contributed by atoms with Gasteiger partial charge >= 0.3 is 0 Å². The second-order valence-electron chi connectivity index (χ2n) is 5.54. The smallest absolute Gasteiger partial charge is 0.0922 e. The summed E-state index contributed by atoms with van der Waals surface area (Å²) in [6, 6.07) is 5.91. The Balaban J connectivity index is 2.53. The zero-order valence-electron chi connectivity index (χ0n) is 10.9. The molecular weight excluding hydrogens is 303 g/mol. The molecule has 1 aliphatic rings. The third-order valence-electron chi connectivity index (χ3n) is 3.17. The molecule has 1 aliphatic heterocycles. The Labute approximate surface area is 128 Å². The largest absolute Gasteiger partial charge is 0.139 e. The molecule has 1 fully saturated rings. The van der Waals surface area contributed by atoms with Crippen molar-refractivity contribution in [1.29, 1.82) is 0 Å². The van der Waals surface area contributed by atoms with E-state index in [9.17, 15) is 0 Å². The molecule has 2 rings (SSSR count). The van der Waals surface area contributed by atoms with Crippen LogP contribution in [-0.2, 0) is 4.08 Å². The highest BCUT2D eigenvalue weighted by atomic mass is 35.5. The molecule has 0 nitrogen and oxygen atoms in total. The highest BCUT2D eigenvalue weighted by Crippen LogP contribution is 2.61. The minimum absolute atomic E-state index is 0.0346. The Hall–Kier alpha value is 0.500. The number of hydrogen-bond acceptors (Lipinski definition) is 2. The summed E-state index contributed by atoms with van der Waals surface area (Å²) >= 11 is 16.5. The monoisotopic (exact) mass is 320 g/mol. The first-order valence-corrected chi connectivity index (χ1v) is 8.83. The third-order valence-corrected chi connectivity index (χ3v) is 7.89. The number of hydrogen-bond donors (Lipinski definition) is 0. The maximum atomic E-state index is 6.45. The molecule has 18 heavy (non-hydrogen) atoms. The Morgan fingerprint density at radius 1 is 1.11 bits per heavy atom. The molecule has 1 heterocycles. The van der Waals surface area contributed by atoms with E-state index < -0.39 is 0 Å². The van der Waals surface area contributed by atoms with E-state index in [0.717, 1.165) is 5.02 Å². The van der Waals surface area contributed by atoms with Crippen molar-refractivity contribution in [2.24, 2.45) is 5.41 Å². The lowest BCUT2D eigenvalue weighted by molar-refractivity contribution is 0.371. The highest BCUT2D eigenvalue weighted by Gasteiger charge is 2.46. The third kappa shape index (κ3) is 2.67. The second-order valence-corrected chi connectivity index (χ2v) is 9.26. The van der Waals surface area contributed by atoms with Crippen LogP contribution in [-0.4, -0.2) is 11.5 Å². The van der Waals surface area contributed by atoms with Crippen LogP contribution in [0.25, 0.3) is 0 Å². The molecule has 0 bridgehead atoms. The van der Waals surface area contributed by atoms with Crippen LogP contribution < -0.4 is 0 Å².